The zero-order chi connectivity index (χ0) is 20.0. The number of nitrogens with zero attached hydrogens (tertiary/aromatic N) is 4. The van der Waals surface area contributed by atoms with Crippen LogP contribution in [0.4, 0.5) is 10.1 Å². The normalized spacial score (nSPS) is 18.4. The van der Waals surface area contributed by atoms with Crippen LogP contribution in [-0.4, -0.2) is 25.0 Å². The molecule has 1 aliphatic heterocycles. The number of halogens is 1. The van der Waals surface area contributed by atoms with E-state index < -0.39 is 23.4 Å². The molecule has 8 nitrogen and oxygen atoms in total. The highest BCUT2D eigenvalue weighted by molar-refractivity contribution is 5.95. The van der Waals surface area contributed by atoms with Gasteiger partial charge in [0, 0.05) is 11.9 Å². The Morgan fingerprint density at radius 3 is 2.86 bits per heavy atom. The molecule has 1 aliphatic rings. The molecular weight excluding hydrogens is 375 g/mol. The number of hydrogen-bond donors (Lipinski definition) is 2. The number of anilines is 1. The second-order valence-electron chi connectivity index (χ2n) is 6.78. The third-order valence-corrected chi connectivity index (χ3v) is 5.13. The Morgan fingerprint density at radius 2 is 2.07 bits per heavy atom. The molecule has 0 saturated carbocycles. The first-order chi connectivity index (χ1) is 14.2. The molecule has 9 heteroatoms. The van der Waals surface area contributed by atoms with Crippen LogP contribution in [0.5, 0.6) is 0 Å². The second-order valence-corrected chi connectivity index (χ2v) is 6.78. The number of H-pyrrole nitrogens is 1. The van der Waals surface area contributed by atoms with Crippen molar-refractivity contribution in [1.82, 2.24) is 25.0 Å². The van der Waals surface area contributed by atoms with E-state index in [1.807, 2.05) is 37.3 Å². The highest BCUT2D eigenvalue weighted by atomic mass is 19.1. The van der Waals surface area contributed by atoms with Crippen molar-refractivity contribution in [2.24, 2.45) is 0 Å². The van der Waals surface area contributed by atoms with Crippen LogP contribution in [0.25, 0.3) is 10.8 Å². The molecule has 0 radical (unpaired) electrons. The van der Waals surface area contributed by atoms with E-state index in [2.05, 4.69) is 25.8 Å². The molecule has 2 N–H and O–H groups in total. The largest absolute Gasteiger partial charge is 0.272 e. The highest BCUT2D eigenvalue weighted by Crippen LogP contribution is 2.44. The molecule has 4 aromatic rings. The minimum atomic E-state index is -0.544. The molecule has 0 spiro atoms. The summed E-state index contributed by atoms with van der Waals surface area (Å²) in [5, 5.41) is 11.8. The zero-order valence-electron chi connectivity index (χ0n) is 15.5. The van der Waals surface area contributed by atoms with E-state index in [0.29, 0.717) is 29.1 Å². The quantitative estimate of drug-likeness (QED) is 0.556. The summed E-state index contributed by atoms with van der Waals surface area (Å²) in [6.45, 7) is 2.56. The van der Waals surface area contributed by atoms with Crippen molar-refractivity contribution >= 4 is 16.5 Å². The SMILES string of the molecule is CCn1ncnc1C1c2n[nH]c(=O)c3cc(F)cc(c23)NOC1c1ccccc1. The number of aromatic amines is 1. The predicted octanol–water partition coefficient (Wildman–Crippen LogP) is 2.90. The third-order valence-electron chi connectivity index (χ3n) is 5.13. The Bertz CT molecular complexity index is 1250. The Hall–Kier alpha value is -3.59. The summed E-state index contributed by atoms with van der Waals surface area (Å²) in [7, 11) is 0. The van der Waals surface area contributed by atoms with Gasteiger partial charge >= 0.3 is 0 Å². The fraction of sp³-hybridized carbons (Fsp3) is 0.200. The topological polar surface area (TPSA) is 97.7 Å². The summed E-state index contributed by atoms with van der Waals surface area (Å²) >= 11 is 0. The first-order valence-electron chi connectivity index (χ1n) is 9.23. The van der Waals surface area contributed by atoms with Gasteiger partial charge in [-0.3, -0.25) is 15.1 Å². The van der Waals surface area contributed by atoms with E-state index in [1.165, 1.54) is 18.5 Å². The molecule has 3 heterocycles. The van der Waals surface area contributed by atoms with Gasteiger partial charge in [-0.15, -0.1) is 0 Å². The minimum absolute atomic E-state index is 0.197. The lowest BCUT2D eigenvalue weighted by molar-refractivity contribution is 0.0846. The molecule has 0 fully saturated rings. The average Bonchev–Trinajstić information content (AvgIpc) is 3.14. The van der Waals surface area contributed by atoms with E-state index in [9.17, 15) is 9.18 Å². The first kappa shape index (κ1) is 17.5. The summed E-state index contributed by atoms with van der Waals surface area (Å²) in [4.78, 5) is 22.9. The fourth-order valence-corrected chi connectivity index (χ4v) is 3.85. The van der Waals surface area contributed by atoms with Crippen LogP contribution < -0.4 is 11.0 Å². The van der Waals surface area contributed by atoms with Gasteiger partial charge in [0.1, 0.15) is 24.1 Å². The smallest absolute Gasteiger partial charge is 0.267 e. The van der Waals surface area contributed by atoms with Gasteiger partial charge < -0.3 is 0 Å². The molecule has 146 valence electrons. The number of rotatable bonds is 3. The van der Waals surface area contributed by atoms with Gasteiger partial charge in [0.25, 0.3) is 5.56 Å². The van der Waals surface area contributed by atoms with Crippen LogP contribution in [0.2, 0.25) is 0 Å². The highest BCUT2D eigenvalue weighted by Gasteiger charge is 2.37. The van der Waals surface area contributed by atoms with Crippen LogP contribution in [0, 0.1) is 5.82 Å². The van der Waals surface area contributed by atoms with Crippen LogP contribution in [0.3, 0.4) is 0 Å². The summed E-state index contributed by atoms with van der Waals surface area (Å²) in [6, 6.07) is 12.1. The van der Waals surface area contributed by atoms with Gasteiger partial charge in [-0.1, -0.05) is 30.3 Å². The van der Waals surface area contributed by atoms with E-state index >= 15 is 0 Å². The van der Waals surface area contributed by atoms with E-state index in [1.54, 1.807) is 4.68 Å². The zero-order valence-corrected chi connectivity index (χ0v) is 15.5. The summed E-state index contributed by atoms with van der Waals surface area (Å²) in [5.41, 5.74) is 4.14. The molecular formula is C20H17FN6O2. The van der Waals surface area contributed by atoms with Crippen LogP contribution in [-0.2, 0) is 11.4 Å². The van der Waals surface area contributed by atoms with Crippen molar-refractivity contribution in [3.8, 4) is 0 Å². The van der Waals surface area contributed by atoms with Crippen molar-refractivity contribution < 1.29 is 9.23 Å². The molecule has 2 unspecified atom stereocenters. The summed E-state index contributed by atoms with van der Waals surface area (Å²) in [5.74, 6) is -0.391. The van der Waals surface area contributed by atoms with Crippen LogP contribution >= 0.6 is 0 Å². The second kappa shape index (κ2) is 6.78. The first-order valence-corrected chi connectivity index (χ1v) is 9.23. The number of nitrogens with one attached hydrogen (secondary N) is 2. The van der Waals surface area contributed by atoms with Crippen molar-refractivity contribution in [3.63, 3.8) is 0 Å². The average molecular weight is 392 g/mol. The van der Waals surface area contributed by atoms with E-state index in [0.717, 1.165) is 5.56 Å². The Morgan fingerprint density at radius 1 is 1.24 bits per heavy atom. The predicted molar refractivity (Wildman–Crippen MR) is 104 cm³/mol. The number of aromatic nitrogens is 5. The van der Waals surface area contributed by atoms with Crippen molar-refractivity contribution in [2.45, 2.75) is 25.5 Å². The molecule has 5 rings (SSSR count). The Kier molecular flexibility index (Phi) is 4.09. The molecule has 2 atom stereocenters. The maximum atomic E-state index is 14.2. The van der Waals surface area contributed by atoms with Gasteiger partial charge in [0.05, 0.1) is 22.7 Å². The molecule has 29 heavy (non-hydrogen) atoms. The maximum absolute atomic E-state index is 14.2. The third kappa shape index (κ3) is 2.78. The molecule has 0 aliphatic carbocycles. The number of aryl methyl sites for hydroxylation is 1. The Balaban J connectivity index is 1.84. The van der Waals surface area contributed by atoms with Gasteiger partial charge in [-0.2, -0.15) is 10.2 Å². The monoisotopic (exact) mass is 392 g/mol. The van der Waals surface area contributed by atoms with Gasteiger partial charge in [-0.25, -0.2) is 19.2 Å². The van der Waals surface area contributed by atoms with Gasteiger partial charge in [0.15, 0.2) is 0 Å². The molecule has 0 amide bonds. The lowest BCUT2D eigenvalue weighted by atomic mass is 9.89. The molecule has 2 aromatic heterocycles. The Labute approximate surface area is 164 Å². The van der Waals surface area contributed by atoms with Crippen LogP contribution in [0.1, 0.15) is 36.0 Å². The standard InChI is InChI=1S/C20H17FN6O2/c1-2-27-19(22-10-23-27)16-17-15-13(20(28)25-24-17)8-12(21)9-14(15)26-29-18(16)11-6-4-3-5-7-11/h3-10,16,18,26H,2H2,1H3,(H,25,28). The van der Waals surface area contributed by atoms with Gasteiger partial charge in [-0.05, 0) is 24.6 Å². The summed E-state index contributed by atoms with van der Waals surface area (Å²) in [6.07, 6.45) is 0.941. The number of hydrogen-bond acceptors (Lipinski definition) is 6. The minimum Gasteiger partial charge on any atom is -0.267 e. The molecule has 0 saturated heterocycles. The van der Waals surface area contributed by atoms with E-state index in [4.69, 9.17) is 4.84 Å². The van der Waals surface area contributed by atoms with E-state index in [-0.39, 0.29) is 5.39 Å². The van der Waals surface area contributed by atoms with Crippen LogP contribution in [0.15, 0.2) is 53.6 Å². The summed E-state index contributed by atoms with van der Waals surface area (Å²) < 4.78 is 15.9. The van der Waals surface area contributed by atoms with Crippen molar-refractivity contribution in [1.29, 1.82) is 0 Å². The fourth-order valence-electron chi connectivity index (χ4n) is 3.85. The lowest BCUT2D eigenvalue weighted by Crippen LogP contribution is -2.23. The van der Waals surface area contributed by atoms with Gasteiger partial charge in [0.2, 0.25) is 0 Å². The van der Waals surface area contributed by atoms with Crippen molar-refractivity contribution in [3.05, 3.63) is 82.0 Å². The molecule has 0 bridgehead atoms. The lowest BCUT2D eigenvalue weighted by Gasteiger charge is -2.24. The molecule has 2 aromatic carbocycles. The van der Waals surface area contributed by atoms with Crippen molar-refractivity contribution in [2.75, 3.05) is 5.48 Å². The maximum Gasteiger partial charge on any atom is 0.272 e. The number of benzene rings is 2.